The molecule has 0 aliphatic heterocycles. The molecule has 3 N–H and O–H groups in total. The molecule has 0 heterocycles. The molecule has 4 nitrogen and oxygen atoms in total. The van der Waals surface area contributed by atoms with E-state index in [-0.39, 0.29) is 6.04 Å². The molecule has 0 bridgehead atoms. The van der Waals surface area contributed by atoms with E-state index in [0.717, 1.165) is 31.2 Å². The van der Waals surface area contributed by atoms with Gasteiger partial charge in [0.1, 0.15) is 0 Å². The third-order valence-corrected chi connectivity index (χ3v) is 5.94. The van der Waals surface area contributed by atoms with Crippen molar-refractivity contribution in [3.8, 4) is 0 Å². The molecule has 0 amide bonds. The van der Waals surface area contributed by atoms with Gasteiger partial charge in [0.05, 0.1) is 4.90 Å². The summed E-state index contributed by atoms with van der Waals surface area (Å²) in [6, 6.07) is 5.18. The highest BCUT2D eigenvalue weighted by Gasteiger charge is 2.24. The van der Waals surface area contributed by atoms with Gasteiger partial charge in [-0.2, -0.15) is 0 Å². The van der Waals surface area contributed by atoms with Crippen molar-refractivity contribution in [2.24, 2.45) is 5.92 Å². The summed E-state index contributed by atoms with van der Waals surface area (Å²) in [6.07, 6.45) is 5.89. The number of rotatable bonds is 4. The van der Waals surface area contributed by atoms with E-state index in [4.69, 9.17) is 5.73 Å². The van der Waals surface area contributed by atoms with Crippen LogP contribution in [0.4, 0.5) is 5.69 Å². The Kier molecular flexibility index (Phi) is 5.27. The maximum atomic E-state index is 12.7. The summed E-state index contributed by atoms with van der Waals surface area (Å²) in [7, 11) is -3.49. The van der Waals surface area contributed by atoms with Crippen molar-refractivity contribution >= 4 is 15.7 Å². The van der Waals surface area contributed by atoms with Crippen molar-refractivity contribution in [1.29, 1.82) is 0 Å². The van der Waals surface area contributed by atoms with Crippen LogP contribution in [0.25, 0.3) is 0 Å². The molecule has 21 heavy (non-hydrogen) atoms. The summed E-state index contributed by atoms with van der Waals surface area (Å²) in [6.45, 7) is 4.20. The van der Waals surface area contributed by atoms with E-state index >= 15 is 0 Å². The Labute approximate surface area is 128 Å². The van der Waals surface area contributed by atoms with Gasteiger partial charge < -0.3 is 5.73 Å². The summed E-state index contributed by atoms with van der Waals surface area (Å²) in [4.78, 5) is 0.335. The van der Waals surface area contributed by atoms with Crippen LogP contribution in [0.15, 0.2) is 23.1 Å². The molecule has 0 saturated heterocycles. The normalized spacial score (nSPS) is 23.7. The molecular weight excluding hydrogens is 284 g/mol. The third kappa shape index (κ3) is 4.20. The van der Waals surface area contributed by atoms with Crippen LogP contribution in [0.5, 0.6) is 0 Å². The standard InChI is InChI=1S/C16H26N2O2S/c1-3-13-8-9-14(17)11-16(13)21(19,20)18-15-6-4-5-12(2)7-10-15/h8-9,11-12,15,18H,3-7,10,17H2,1-2H3. The van der Waals surface area contributed by atoms with Gasteiger partial charge in [0, 0.05) is 11.7 Å². The largest absolute Gasteiger partial charge is 0.399 e. The number of hydrogen-bond donors (Lipinski definition) is 2. The molecule has 1 aliphatic carbocycles. The number of aryl methyl sites for hydroxylation is 1. The van der Waals surface area contributed by atoms with Crippen molar-refractivity contribution in [3.05, 3.63) is 23.8 Å². The number of anilines is 1. The van der Waals surface area contributed by atoms with Gasteiger partial charge in [-0.05, 0) is 49.3 Å². The van der Waals surface area contributed by atoms with Crippen molar-refractivity contribution < 1.29 is 8.42 Å². The van der Waals surface area contributed by atoms with Gasteiger partial charge in [0.15, 0.2) is 0 Å². The Morgan fingerprint density at radius 3 is 2.71 bits per heavy atom. The highest BCUT2D eigenvalue weighted by atomic mass is 32.2. The number of benzene rings is 1. The van der Waals surface area contributed by atoms with Crippen LogP contribution in [0.2, 0.25) is 0 Å². The quantitative estimate of drug-likeness (QED) is 0.663. The Hall–Kier alpha value is -1.07. The highest BCUT2D eigenvalue weighted by Crippen LogP contribution is 2.25. The summed E-state index contributed by atoms with van der Waals surface area (Å²) in [5.41, 5.74) is 7.07. The van der Waals surface area contributed by atoms with Crippen molar-refractivity contribution in [2.75, 3.05) is 5.73 Å². The van der Waals surface area contributed by atoms with Crippen LogP contribution in [0.3, 0.4) is 0 Å². The molecular formula is C16H26N2O2S. The molecule has 1 aromatic carbocycles. The molecule has 5 heteroatoms. The lowest BCUT2D eigenvalue weighted by Crippen LogP contribution is -2.35. The van der Waals surface area contributed by atoms with E-state index in [0.29, 0.717) is 22.9 Å². The molecule has 2 atom stereocenters. The molecule has 0 radical (unpaired) electrons. The monoisotopic (exact) mass is 310 g/mol. The van der Waals surface area contributed by atoms with Crippen LogP contribution < -0.4 is 10.5 Å². The minimum Gasteiger partial charge on any atom is -0.399 e. The second kappa shape index (κ2) is 6.79. The SMILES string of the molecule is CCc1ccc(N)cc1S(=O)(=O)NC1CCCC(C)CC1. The van der Waals surface area contributed by atoms with E-state index in [1.165, 1.54) is 6.42 Å². The van der Waals surface area contributed by atoms with Gasteiger partial charge in [-0.25, -0.2) is 13.1 Å². The van der Waals surface area contributed by atoms with Crippen LogP contribution in [0, 0.1) is 5.92 Å². The number of sulfonamides is 1. The summed E-state index contributed by atoms with van der Waals surface area (Å²) in [5, 5.41) is 0. The van der Waals surface area contributed by atoms with Crippen molar-refractivity contribution in [2.45, 2.75) is 63.3 Å². The van der Waals surface area contributed by atoms with Crippen LogP contribution in [-0.2, 0) is 16.4 Å². The fourth-order valence-electron chi connectivity index (χ4n) is 3.00. The summed E-state index contributed by atoms with van der Waals surface area (Å²) in [5.74, 6) is 0.693. The zero-order chi connectivity index (χ0) is 15.5. The maximum absolute atomic E-state index is 12.7. The number of hydrogen-bond acceptors (Lipinski definition) is 3. The summed E-state index contributed by atoms with van der Waals surface area (Å²) < 4.78 is 28.2. The van der Waals surface area contributed by atoms with Crippen LogP contribution in [-0.4, -0.2) is 14.5 Å². The lowest BCUT2D eigenvalue weighted by atomic mass is 10.0. The number of nitrogen functional groups attached to an aromatic ring is 1. The van der Waals surface area contributed by atoms with E-state index in [1.54, 1.807) is 18.2 Å². The second-order valence-corrected chi connectivity index (χ2v) is 7.83. The van der Waals surface area contributed by atoms with E-state index in [1.807, 2.05) is 6.92 Å². The van der Waals surface area contributed by atoms with Gasteiger partial charge in [-0.3, -0.25) is 0 Å². The first-order chi connectivity index (χ1) is 9.92. The third-order valence-electron chi connectivity index (χ3n) is 4.34. The maximum Gasteiger partial charge on any atom is 0.241 e. The Morgan fingerprint density at radius 1 is 1.24 bits per heavy atom. The Morgan fingerprint density at radius 2 is 2.00 bits per heavy atom. The van der Waals surface area contributed by atoms with Crippen LogP contribution in [0.1, 0.15) is 51.5 Å². The highest BCUT2D eigenvalue weighted by molar-refractivity contribution is 7.89. The van der Waals surface area contributed by atoms with E-state index < -0.39 is 10.0 Å². The average Bonchev–Trinajstić information content (AvgIpc) is 2.63. The number of nitrogens with one attached hydrogen (secondary N) is 1. The Balaban J connectivity index is 2.20. The predicted octanol–water partition coefficient (Wildman–Crippen LogP) is 3.08. The van der Waals surface area contributed by atoms with Gasteiger partial charge in [-0.15, -0.1) is 0 Å². The van der Waals surface area contributed by atoms with Crippen molar-refractivity contribution in [1.82, 2.24) is 4.72 Å². The molecule has 2 unspecified atom stereocenters. The number of nitrogens with two attached hydrogens (primary N) is 1. The van der Waals surface area contributed by atoms with E-state index in [9.17, 15) is 8.42 Å². The zero-order valence-electron chi connectivity index (χ0n) is 12.9. The fraction of sp³-hybridized carbons (Fsp3) is 0.625. The molecule has 118 valence electrons. The topological polar surface area (TPSA) is 72.2 Å². The molecule has 2 rings (SSSR count). The minimum atomic E-state index is -3.49. The first kappa shape index (κ1) is 16.3. The lowest BCUT2D eigenvalue weighted by molar-refractivity contribution is 0.484. The predicted molar refractivity (Wildman–Crippen MR) is 86.6 cm³/mol. The van der Waals surface area contributed by atoms with E-state index in [2.05, 4.69) is 11.6 Å². The lowest BCUT2D eigenvalue weighted by Gasteiger charge is -2.18. The molecule has 0 spiro atoms. The molecule has 0 aromatic heterocycles. The first-order valence-corrected chi connectivity index (χ1v) is 9.31. The summed E-state index contributed by atoms with van der Waals surface area (Å²) >= 11 is 0. The van der Waals surface area contributed by atoms with Crippen LogP contribution >= 0.6 is 0 Å². The molecule has 1 fully saturated rings. The molecule has 1 aliphatic rings. The van der Waals surface area contributed by atoms with Gasteiger partial charge in [0.25, 0.3) is 0 Å². The second-order valence-electron chi connectivity index (χ2n) is 6.15. The minimum absolute atomic E-state index is 0.0473. The fourth-order valence-corrected chi connectivity index (χ4v) is 4.65. The molecule has 1 saturated carbocycles. The van der Waals surface area contributed by atoms with Crippen molar-refractivity contribution in [3.63, 3.8) is 0 Å². The average molecular weight is 310 g/mol. The zero-order valence-corrected chi connectivity index (χ0v) is 13.7. The van der Waals surface area contributed by atoms with Gasteiger partial charge in [-0.1, -0.05) is 32.8 Å². The molecule has 1 aromatic rings. The Bertz CT molecular complexity index is 584. The van der Waals surface area contributed by atoms with Gasteiger partial charge >= 0.3 is 0 Å². The first-order valence-electron chi connectivity index (χ1n) is 7.83. The smallest absolute Gasteiger partial charge is 0.241 e. The van der Waals surface area contributed by atoms with Gasteiger partial charge in [0.2, 0.25) is 10.0 Å².